The summed E-state index contributed by atoms with van der Waals surface area (Å²) in [6, 6.07) is 9.65. The molecule has 0 heterocycles. The van der Waals surface area contributed by atoms with Crippen LogP contribution in [0.2, 0.25) is 0 Å². The fourth-order valence-electron chi connectivity index (χ4n) is 2.23. The fraction of sp³-hybridized carbons (Fsp3) is 0.278. The highest BCUT2D eigenvalue weighted by Crippen LogP contribution is 2.30. The molecular weight excluding hydrogens is 404 g/mol. The summed E-state index contributed by atoms with van der Waals surface area (Å²) in [6.07, 6.45) is 0. The van der Waals surface area contributed by atoms with Gasteiger partial charge in [0, 0.05) is 12.1 Å². The Kier molecular flexibility index (Phi) is 6.57. The highest BCUT2D eigenvalue weighted by Gasteiger charge is 2.14. The molecule has 2 aromatic rings. The molecule has 1 N–H and O–H groups in total. The first-order valence-electron chi connectivity index (χ1n) is 7.86. The molecule has 0 aromatic heterocycles. The van der Waals surface area contributed by atoms with E-state index in [-0.39, 0.29) is 18.0 Å². The molecule has 0 bridgehead atoms. The van der Waals surface area contributed by atoms with Gasteiger partial charge in [-0.1, -0.05) is 19.9 Å². The Morgan fingerprint density at radius 2 is 1.92 bits per heavy atom. The largest absolute Gasteiger partial charge is 0.495 e. The summed E-state index contributed by atoms with van der Waals surface area (Å²) < 4.78 is 11.4. The molecule has 0 atom stereocenters. The lowest BCUT2D eigenvalue weighted by molar-refractivity contribution is -0.384. The molecule has 2 rings (SSSR count). The summed E-state index contributed by atoms with van der Waals surface area (Å²) >= 11 is 3.43. The predicted octanol–water partition coefficient (Wildman–Crippen LogP) is 4.51. The molecule has 0 aliphatic rings. The second-order valence-corrected chi connectivity index (χ2v) is 6.68. The SMILES string of the molecule is COc1ccc([N+](=O)[O-])cc1NC(=O)COc1ccc(C(C)C)cc1Br. The van der Waals surface area contributed by atoms with Crippen LogP contribution in [0.4, 0.5) is 11.4 Å². The van der Waals surface area contributed by atoms with Crippen molar-refractivity contribution >= 4 is 33.2 Å². The van der Waals surface area contributed by atoms with Crippen molar-refractivity contribution < 1.29 is 19.2 Å². The number of carbonyl (C=O) groups is 1. The van der Waals surface area contributed by atoms with E-state index in [2.05, 4.69) is 35.1 Å². The highest BCUT2D eigenvalue weighted by molar-refractivity contribution is 9.10. The molecule has 0 unspecified atom stereocenters. The standard InChI is InChI=1S/C18H19BrN2O5/c1-11(2)12-4-6-16(14(19)8-12)26-10-18(22)20-15-9-13(21(23)24)5-7-17(15)25-3/h4-9,11H,10H2,1-3H3,(H,20,22). The zero-order chi connectivity index (χ0) is 19.3. The minimum absolute atomic E-state index is 0.144. The zero-order valence-electron chi connectivity index (χ0n) is 14.6. The number of ether oxygens (including phenoxy) is 2. The zero-order valence-corrected chi connectivity index (χ0v) is 16.2. The molecule has 138 valence electrons. The van der Waals surface area contributed by atoms with E-state index in [1.165, 1.54) is 25.3 Å². The lowest BCUT2D eigenvalue weighted by Gasteiger charge is -2.13. The summed E-state index contributed by atoms with van der Waals surface area (Å²) in [5, 5.41) is 13.5. The molecule has 0 radical (unpaired) electrons. The Morgan fingerprint density at radius 1 is 1.23 bits per heavy atom. The Bertz CT molecular complexity index is 823. The fourth-order valence-corrected chi connectivity index (χ4v) is 2.74. The number of hydrogen-bond acceptors (Lipinski definition) is 5. The maximum absolute atomic E-state index is 12.1. The Morgan fingerprint density at radius 3 is 2.50 bits per heavy atom. The van der Waals surface area contributed by atoms with Crippen LogP contribution in [0.5, 0.6) is 11.5 Å². The monoisotopic (exact) mass is 422 g/mol. The number of non-ortho nitro benzene ring substituents is 1. The Hall–Kier alpha value is -2.61. The number of nitrogens with zero attached hydrogens (tertiary/aromatic N) is 1. The number of nitrogens with one attached hydrogen (secondary N) is 1. The van der Waals surface area contributed by atoms with Crippen LogP contribution in [0.25, 0.3) is 0 Å². The number of methoxy groups -OCH3 is 1. The molecule has 0 spiro atoms. The molecule has 0 saturated heterocycles. The minimum atomic E-state index is -0.543. The third-order valence-electron chi connectivity index (χ3n) is 3.65. The quantitative estimate of drug-likeness (QED) is 0.523. The lowest BCUT2D eigenvalue weighted by Crippen LogP contribution is -2.20. The van der Waals surface area contributed by atoms with E-state index in [0.29, 0.717) is 17.4 Å². The molecule has 7 nitrogen and oxygen atoms in total. The summed E-state index contributed by atoms with van der Waals surface area (Å²) in [7, 11) is 1.42. The van der Waals surface area contributed by atoms with Gasteiger partial charge in [0.25, 0.3) is 11.6 Å². The van der Waals surface area contributed by atoms with Gasteiger partial charge in [-0.15, -0.1) is 0 Å². The first kappa shape index (κ1) is 19.7. The number of halogens is 1. The number of carbonyl (C=O) groups excluding carboxylic acids is 1. The number of benzene rings is 2. The Balaban J connectivity index is 2.05. The van der Waals surface area contributed by atoms with E-state index in [1.807, 2.05) is 12.1 Å². The third-order valence-corrected chi connectivity index (χ3v) is 4.27. The molecule has 0 fully saturated rings. The molecular formula is C18H19BrN2O5. The first-order valence-corrected chi connectivity index (χ1v) is 8.65. The molecule has 26 heavy (non-hydrogen) atoms. The van der Waals surface area contributed by atoms with Crippen LogP contribution in [0.1, 0.15) is 25.3 Å². The average Bonchev–Trinajstić information content (AvgIpc) is 2.60. The van der Waals surface area contributed by atoms with Crippen molar-refractivity contribution in [1.82, 2.24) is 0 Å². The summed E-state index contributed by atoms with van der Waals surface area (Å²) in [5.41, 5.74) is 1.22. The molecule has 0 aliphatic heterocycles. The average molecular weight is 423 g/mol. The Labute approximate surface area is 159 Å². The second-order valence-electron chi connectivity index (χ2n) is 5.82. The van der Waals surface area contributed by atoms with E-state index in [1.54, 1.807) is 6.07 Å². The van der Waals surface area contributed by atoms with E-state index < -0.39 is 10.8 Å². The maximum atomic E-state index is 12.1. The minimum Gasteiger partial charge on any atom is -0.495 e. The predicted molar refractivity (Wildman–Crippen MR) is 102 cm³/mol. The van der Waals surface area contributed by atoms with Crippen molar-refractivity contribution in [2.45, 2.75) is 19.8 Å². The van der Waals surface area contributed by atoms with Crippen LogP contribution < -0.4 is 14.8 Å². The van der Waals surface area contributed by atoms with Crippen molar-refractivity contribution in [3.05, 3.63) is 56.5 Å². The van der Waals surface area contributed by atoms with Crippen LogP contribution in [0, 0.1) is 10.1 Å². The summed E-state index contributed by atoms with van der Waals surface area (Å²) in [5.74, 6) is 0.788. The van der Waals surface area contributed by atoms with Gasteiger partial charge < -0.3 is 14.8 Å². The summed E-state index contributed by atoms with van der Waals surface area (Å²) in [4.78, 5) is 22.5. The number of hydrogen-bond donors (Lipinski definition) is 1. The van der Waals surface area contributed by atoms with Gasteiger partial charge in [0.15, 0.2) is 6.61 Å². The number of nitro groups is 1. The van der Waals surface area contributed by atoms with E-state index in [9.17, 15) is 14.9 Å². The van der Waals surface area contributed by atoms with Crippen LogP contribution in [-0.2, 0) is 4.79 Å². The second kappa shape index (κ2) is 8.66. The van der Waals surface area contributed by atoms with E-state index in [4.69, 9.17) is 9.47 Å². The van der Waals surface area contributed by atoms with E-state index in [0.717, 1.165) is 10.0 Å². The van der Waals surface area contributed by atoms with Gasteiger partial charge >= 0.3 is 0 Å². The molecule has 0 saturated carbocycles. The summed E-state index contributed by atoms with van der Waals surface area (Å²) in [6.45, 7) is 3.93. The lowest BCUT2D eigenvalue weighted by atomic mass is 10.0. The van der Waals surface area contributed by atoms with E-state index >= 15 is 0 Å². The van der Waals surface area contributed by atoms with Crippen molar-refractivity contribution in [3.8, 4) is 11.5 Å². The van der Waals surface area contributed by atoms with Crippen LogP contribution in [0.15, 0.2) is 40.9 Å². The van der Waals surface area contributed by atoms with Gasteiger partial charge in [0.05, 0.1) is 22.2 Å². The molecule has 1 amide bonds. The first-order chi connectivity index (χ1) is 12.3. The maximum Gasteiger partial charge on any atom is 0.271 e. The van der Waals surface area contributed by atoms with Crippen LogP contribution >= 0.6 is 15.9 Å². The van der Waals surface area contributed by atoms with Crippen LogP contribution in [0.3, 0.4) is 0 Å². The van der Waals surface area contributed by atoms with Crippen molar-refractivity contribution in [2.75, 3.05) is 19.0 Å². The van der Waals surface area contributed by atoms with Gasteiger partial charge in [0.1, 0.15) is 11.5 Å². The van der Waals surface area contributed by atoms with Gasteiger partial charge in [-0.05, 0) is 45.6 Å². The molecule has 0 aliphatic carbocycles. The number of amides is 1. The smallest absolute Gasteiger partial charge is 0.271 e. The van der Waals surface area contributed by atoms with Gasteiger partial charge in [-0.2, -0.15) is 0 Å². The number of nitro benzene ring substituents is 1. The van der Waals surface area contributed by atoms with Gasteiger partial charge in [0.2, 0.25) is 0 Å². The number of rotatable bonds is 7. The topological polar surface area (TPSA) is 90.7 Å². The molecule has 8 heteroatoms. The van der Waals surface area contributed by atoms with Gasteiger partial charge in [-0.3, -0.25) is 14.9 Å². The third kappa shape index (κ3) is 4.95. The number of anilines is 1. The molecule has 2 aromatic carbocycles. The normalized spacial score (nSPS) is 10.5. The van der Waals surface area contributed by atoms with Crippen molar-refractivity contribution in [1.29, 1.82) is 0 Å². The highest BCUT2D eigenvalue weighted by atomic mass is 79.9. The van der Waals surface area contributed by atoms with Crippen molar-refractivity contribution in [3.63, 3.8) is 0 Å². The van der Waals surface area contributed by atoms with Crippen LogP contribution in [-0.4, -0.2) is 24.5 Å². The van der Waals surface area contributed by atoms with Crippen molar-refractivity contribution in [2.24, 2.45) is 0 Å². The van der Waals surface area contributed by atoms with Gasteiger partial charge in [-0.25, -0.2) is 0 Å².